The van der Waals surface area contributed by atoms with Crippen molar-refractivity contribution >= 4 is 27.5 Å². The van der Waals surface area contributed by atoms with Crippen LogP contribution in [-0.2, 0) is 20.7 Å². The van der Waals surface area contributed by atoms with Crippen LogP contribution in [0.2, 0.25) is 0 Å². The van der Waals surface area contributed by atoms with Crippen LogP contribution in [0.15, 0.2) is 83.3 Å². The number of benzene rings is 3. The summed E-state index contributed by atoms with van der Waals surface area (Å²) in [4.78, 5) is 12.0. The lowest BCUT2D eigenvalue weighted by atomic mass is 10.0. The number of carbonyl (C=O) groups excluding carboxylic acids is 1. The second-order valence-electron chi connectivity index (χ2n) is 7.83. The Bertz CT molecular complexity index is 1070. The summed E-state index contributed by atoms with van der Waals surface area (Å²) in [5.41, 5.74) is 5.71. The third kappa shape index (κ3) is 7.57. The van der Waals surface area contributed by atoms with Crippen molar-refractivity contribution in [1.82, 2.24) is 0 Å². The lowest BCUT2D eigenvalue weighted by Gasteiger charge is -2.15. The van der Waals surface area contributed by atoms with Crippen LogP contribution < -0.4 is 4.74 Å². The van der Waals surface area contributed by atoms with E-state index in [0.29, 0.717) is 26.2 Å². The van der Waals surface area contributed by atoms with Gasteiger partial charge in [0.2, 0.25) is 0 Å². The molecule has 0 heterocycles. The molecular formula is C29H31BrO4. The normalized spacial score (nSPS) is 12.3. The standard InChI is InChI=1S/C29H31BrO4/c1-4-32-28(29(31)33-5-2)20-22-6-16-27(17-7-22)34-19-18-21(3)23-8-10-24(11-9-23)25-12-14-26(30)15-13-25/h6-18,28H,4-5,19-20H2,1-3H3. The Kier molecular flexibility index (Phi) is 9.92. The van der Waals surface area contributed by atoms with E-state index in [1.807, 2.05) is 31.2 Å². The van der Waals surface area contributed by atoms with Gasteiger partial charge in [-0.3, -0.25) is 0 Å². The van der Waals surface area contributed by atoms with E-state index in [1.54, 1.807) is 6.92 Å². The molecular weight excluding hydrogens is 492 g/mol. The zero-order valence-corrected chi connectivity index (χ0v) is 21.5. The summed E-state index contributed by atoms with van der Waals surface area (Å²) in [6.07, 6.45) is 1.97. The molecule has 34 heavy (non-hydrogen) atoms. The van der Waals surface area contributed by atoms with Gasteiger partial charge in [0.15, 0.2) is 6.10 Å². The molecule has 0 aliphatic heterocycles. The molecule has 3 aromatic carbocycles. The van der Waals surface area contributed by atoms with Gasteiger partial charge in [0, 0.05) is 17.5 Å². The first kappa shape index (κ1) is 25.7. The minimum absolute atomic E-state index is 0.324. The Morgan fingerprint density at radius 2 is 1.50 bits per heavy atom. The van der Waals surface area contributed by atoms with Crippen molar-refractivity contribution < 1.29 is 19.0 Å². The summed E-state index contributed by atoms with van der Waals surface area (Å²) >= 11 is 3.48. The summed E-state index contributed by atoms with van der Waals surface area (Å²) in [5.74, 6) is 0.456. The van der Waals surface area contributed by atoms with Crippen LogP contribution in [0.1, 0.15) is 31.9 Å². The Morgan fingerprint density at radius 3 is 2.09 bits per heavy atom. The summed E-state index contributed by atoms with van der Waals surface area (Å²) in [5, 5.41) is 0. The van der Waals surface area contributed by atoms with Gasteiger partial charge < -0.3 is 14.2 Å². The molecule has 1 atom stereocenters. The van der Waals surface area contributed by atoms with Gasteiger partial charge in [-0.15, -0.1) is 0 Å². The molecule has 0 saturated heterocycles. The van der Waals surface area contributed by atoms with Crippen LogP contribution in [0.4, 0.5) is 0 Å². The molecule has 178 valence electrons. The Labute approximate surface area is 210 Å². The van der Waals surface area contributed by atoms with Crippen LogP contribution in [-0.4, -0.2) is 31.9 Å². The average molecular weight is 523 g/mol. The van der Waals surface area contributed by atoms with Crippen molar-refractivity contribution in [3.8, 4) is 16.9 Å². The topological polar surface area (TPSA) is 44.8 Å². The number of ether oxygens (including phenoxy) is 3. The molecule has 5 heteroatoms. The number of rotatable bonds is 11. The first-order valence-corrected chi connectivity index (χ1v) is 12.3. The van der Waals surface area contributed by atoms with E-state index in [1.165, 1.54) is 16.7 Å². The van der Waals surface area contributed by atoms with E-state index in [4.69, 9.17) is 14.2 Å². The summed E-state index contributed by atoms with van der Waals surface area (Å²) < 4.78 is 17.6. The Balaban J connectivity index is 1.54. The highest BCUT2D eigenvalue weighted by Crippen LogP contribution is 2.24. The zero-order chi connectivity index (χ0) is 24.3. The van der Waals surface area contributed by atoms with Crippen LogP contribution in [0.3, 0.4) is 0 Å². The van der Waals surface area contributed by atoms with Gasteiger partial charge >= 0.3 is 5.97 Å². The van der Waals surface area contributed by atoms with Crippen molar-refractivity contribution in [3.63, 3.8) is 0 Å². The van der Waals surface area contributed by atoms with Crippen molar-refractivity contribution in [3.05, 3.63) is 94.5 Å². The van der Waals surface area contributed by atoms with Crippen molar-refractivity contribution in [2.45, 2.75) is 33.3 Å². The molecule has 0 bridgehead atoms. The molecule has 0 fully saturated rings. The molecule has 0 radical (unpaired) electrons. The third-order valence-corrected chi connectivity index (χ3v) is 5.95. The van der Waals surface area contributed by atoms with Gasteiger partial charge in [0.05, 0.1) is 6.61 Å². The summed E-state index contributed by atoms with van der Waals surface area (Å²) in [6, 6.07) is 24.6. The number of esters is 1. The molecule has 1 unspecified atom stereocenters. The van der Waals surface area contributed by atoms with Gasteiger partial charge in [0.1, 0.15) is 12.4 Å². The van der Waals surface area contributed by atoms with Gasteiger partial charge in [-0.25, -0.2) is 4.79 Å². The van der Waals surface area contributed by atoms with E-state index in [-0.39, 0.29) is 5.97 Å². The number of hydrogen-bond donors (Lipinski definition) is 0. The number of carbonyl (C=O) groups is 1. The molecule has 0 aliphatic carbocycles. The van der Waals surface area contributed by atoms with E-state index in [2.05, 4.69) is 77.5 Å². The highest BCUT2D eigenvalue weighted by Gasteiger charge is 2.20. The molecule has 4 nitrogen and oxygen atoms in total. The second kappa shape index (κ2) is 13.1. The summed E-state index contributed by atoms with van der Waals surface area (Å²) in [7, 11) is 0. The Hall–Kier alpha value is -2.89. The third-order valence-electron chi connectivity index (χ3n) is 5.42. The molecule has 3 rings (SSSR count). The van der Waals surface area contributed by atoms with Crippen molar-refractivity contribution in [1.29, 1.82) is 0 Å². The minimum Gasteiger partial charge on any atom is -0.490 e. The van der Waals surface area contributed by atoms with Crippen LogP contribution in [0.25, 0.3) is 16.7 Å². The maximum absolute atomic E-state index is 12.0. The molecule has 0 aromatic heterocycles. The van der Waals surface area contributed by atoms with Gasteiger partial charge in [0.25, 0.3) is 0 Å². The SMILES string of the molecule is CCOC(=O)C(Cc1ccc(OCC=C(C)c2ccc(-c3ccc(Br)cc3)cc2)cc1)OCC. The highest BCUT2D eigenvalue weighted by atomic mass is 79.9. The van der Waals surface area contributed by atoms with Crippen LogP contribution in [0.5, 0.6) is 5.75 Å². The smallest absolute Gasteiger partial charge is 0.335 e. The monoisotopic (exact) mass is 522 g/mol. The van der Waals surface area contributed by atoms with Gasteiger partial charge in [-0.05, 0) is 78.9 Å². The number of allylic oxidation sites excluding steroid dienone is 1. The average Bonchev–Trinajstić information content (AvgIpc) is 2.85. The van der Waals surface area contributed by atoms with Crippen molar-refractivity contribution in [2.24, 2.45) is 0 Å². The second-order valence-corrected chi connectivity index (χ2v) is 8.74. The largest absolute Gasteiger partial charge is 0.490 e. The molecule has 0 N–H and O–H groups in total. The molecule has 0 aliphatic rings. The Morgan fingerprint density at radius 1 is 0.882 bits per heavy atom. The molecule has 0 spiro atoms. The lowest BCUT2D eigenvalue weighted by molar-refractivity contribution is -0.156. The molecule has 0 amide bonds. The molecule has 0 saturated carbocycles. The first-order valence-electron chi connectivity index (χ1n) is 11.5. The highest BCUT2D eigenvalue weighted by molar-refractivity contribution is 9.10. The fourth-order valence-electron chi connectivity index (χ4n) is 3.53. The van der Waals surface area contributed by atoms with Crippen molar-refractivity contribution in [2.75, 3.05) is 19.8 Å². The predicted molar refractivity (Wildman–Crippen MR) is 141 cm³/mol. The predicted octanol–water partition coefficient (Wildman–Crippen LogP) is 7.11. The van der Waals surface area contributed by atoms with E-state index in [9.17, 15) is 4.79 Å². The fraction of sp³-hybridized carbons (Fsp3) is 0.276. The fourth-order valence-corrected chi connectivity index (χ4v) is 3.80. The van der Waals surface area contributed by atoms with Gasteiger partial charge in [-0.1, -0.05) is 64.5 Å². The minimum atomic E-state index is -0.586. The molecule has 3 aromatic rings. The number of hydrogen-bond acceptors (Lipinski definition) is 4. The van der Waals surface area contributed by atoms with E-state index < -0.39 is 6.10 Å². The van der Waals surface area contributed by atoms with Crippen LogP contribution >= 0.6 is 15.9 Å². The van der Waals surface area contributed by atoms with Crippen LogP contribution in [0, 0.1) is 0 Å². The van der Waals surface area contributed by atoms with E-state index >= 15 is 0 Å². The number of halogens is 1. The maximum atomic E-state index is 12.0. The van der Waals surface area contributed by atoms with E-state index in [0.717, 1.165) is 21.4 Å². The quantitative estimate of drug-likeness (QED) is 0.251. The lowest BCUT2D eigenvalue weighted by Crippen LogP contribution is -2.28. The van der Waals surface area contributed by atoms with Gasteiger partial charge in [-0.2, -0.15) is 0 Å². The first-order chi connectivity index (χ1) is 16.5. The summed E-state index contributed by atoms with van der Waals surface area (Å²) in [6.45, 7) is 7.03. The maximum Gasteiger partial charge on any atom is 0.335 e. The zero-order valence-electron chi connectivity index (χ0n) is 19.9.